The van der Waals surface area contributed by atoms with Crippen molar-refractivity contribution in [2.45, 2.75) is 6.54 Å². The molecule has 1 aliphatic rings. The molecule has 4 nitrogen and oxygen atoms in total. The Labute approximate surface area is 138 Å². The number of pyridine rings is 2. The number of anilines is 1. The molecule has 3 rings (SSSR count). The van der Waals surface area contributed by atoms with E-state index in [1.165, 1.54) is 6.20 Å². The highest BCUT2D eigenvalue weighted by Crippen LogP contribution is 2.27. The lowest BCUT2D eigenvalue weighted by Gasteiger charge is -2.35. The summed E-state index contributed by atoms with van der Waals surface area (Å²) in [7, 11) is 0. The normalized spacial score (nSPS) is 16.0. The lowest BCUT2D eigenvalue weighted by molar-refractivity contribution is 0.246. The molecule has 7 heteroatoms. The first-order chi connectivity index (χ1) is 10.6. The lowest BCUT2D eigenvalue weighted by Crippen LogP contribution is -2.46. The first kappa shape index (κ1) is 15.5. The summed E-state index contributed by atoms with van der Waals surface area (Å²) < 4.78 is 13.6. The molecule has 0 bridgehead atoms. The maximum absolute atomic E-state index is 13.6. The van der Waals surface area contributed by atoms with Gasteiger partial charge in [0, 0.05) is 50.7 Å². The van der Waals surface area contributed by atoms with Gasteiger partial charge >= 0.3 is 0 Å². The third-order valence-corrected chi connectivity index (χ3v) is 4.20. The largest absolute Gasteiger partial charge is 0.353 e. The summed E-state index contributed by atoms with van der Waals surface area (Å²) in [5.41, 5.74) is 0.672. The highest BCUT2D eigenvalue weighted by molar-refractivity contribution is 6.36. The third kappa shape index (κ3) is 3.48. The molecule has 0 spiro atoms. The molecule has 2 aromatic heterocycles. The molecule has 2 aromatic rings. The molecule has 22 heavy (non-hydrogen) atoms. The molecule has 0 N–H and O–H groups in total. The molecule has 0 unspecified atom stereocenters. The van der Waals surface area contributed by atoms with E-state index >= 15 is 0 Å². The second kappa shape index (κ2) is 6.77. The molecule has 116 valence electrons. The van der Waals surface area contributed by atoms with Crippen molar-refractivity contribution in [2.24, 2.45) is 0 Å². The van der Waals surface area contributed by atoms with Gasteiger partial charge in [-0.3, -0.25) is 9.88 Å². The van der Waals surface area contributed by atoms with E-state index in [0.717, 1.165) is 32.0 Å². The lowest BCUT2D eigenvalue weighted by atomic mass is 10.2. The zero-order chi connectivity index (χ0) is 15.5. The molecule has 1 aliphatic heterocycles. The van der Waals surface area contributed by atoms with Gasteiger partial charge in [-0.1, -0.05) is 23.2 Å². The van der Waals surface area contributed by atoms with Crippen LogP contribution in [0.25, 0.3) is 0 Å². The van der Waals surface area contributed by atoms with Crippen LogP contribution in [-0.4, -0.2) is 41.0 Å². The van der Waals surface area contributed by atoms with Crippen LogP contribution in [0.4, 0.5) is 10.2 Å². The van der Waals surface area contributed by atoms with E-state index < -0.39 is 0 Å². The topological polar surface area (TPSA) is 32.3 Å². The van der Waals surface area contributed by atoms with E-state index in [0.29, 0.717) is 22.2 Å². The zero-order valence-electron chi connectivity index (χ0n) is 11.8. The molecular weight excluding hydrogens is 326 g/mol. The van der Waals surface area contributed by atoms with Crippen LogP contribution < -0.4 is 4.90 Å². The SMILES string of the molecule is Fc1cnccc1CN1CCN(c2ncc(Cl)cc2Cl)CC1. The average molecular weight is 341 g/mol. The van der Waals surface area contributed by atoms with Gasteiger partial charge in [-0.05, 0) is 12.1 Å². The molecular formula is C15H15Cl2FN4. The standard InChI is InChI=1S/C15H15Cl2FN4/c16-12-7-13(17)15(20-8-12)22-5-3-21(4-6-22)10-11-1-2-19-9-14(11)18/h1-2,7-9H,3-6,10H2. The van der Waals surface area contributed by atoms with E-state index in [9.17, 15) is 4.39 Å². The fraction of sp³-hybridized carbons (Fsp3) is 0.333. The van der Waals surface area contributed by atoms with Crippen LogP contribution in [0.15, 0.2) is 30.7 Å². The van der Waals surface area contributed by atoms with Crippen molar-refractivity contribution >= 4 is 29.0 Å². The predicted molar refractivity (Wildman–Crippen MR) is 85.9 cm³/mol. The summed E-state index contributed by atoms with van der Waals surface area (Å²) in [6, 6.07) is 3.42. The van der Waals surface area contributed by atoms with Crippen molar-refractivity contribution in [3.63, 3.8) is 0 Å². The third-order valence-electron chi connectivity index (χ3n) is 3.71. The zero-order valence-corrected chi connectivity index (χ0v) is 13.4. The van der Waals surface area contributed by atoms with Gasteiger partial charge in [-0.2, -0.15) is 0 Å². The Morgan fingerprint density at radius 1 is 1.14 bits per heavy atom. The number of aromatic nitrogens is 2. The number of piperazine rings is 1. The monoisotopic (exact) mass is 340 g/mol. The van der Waals surface area contributed by atoms with Gasteiger partial charge in [0.15, 0.2) is 0 Å². The van der Waals surface area contributed by atoms with Gasteiger partial charge in [0.25, 0.3) is 0 Å². The van der Waals surface area contributed by atoms with Crippen LogP contribution in [0.5, 0.6) is 0 Å². The van der Waals surface area contributed by atoms with Crippen LogP contribution in [-0.2, 0) is 6.54 Å². The molecule has 0 amide bonds. The molecule has 0 atom stereocenters. The van der Waals surface area contributed by atoms with E-state index in [-0.39, 0.29) is 5.82 Å². The summed E-state index contributed by atoms with van der Waals surface area (Å²) in [4.78, 5) is 12.4. The van der Waals surface area contributed by atoms with Crippen molar-refractivity contribution in [2.75, 3.05) is 31.1 Å². The molecule has 1 saturated heterocycles. The van der Waals surface area contributed by atoms with Crippen molar-refractivity contribution in [1.29, 1.82) is 0 Å². The predicted octanol–water partition coefficient (Wildman–Crippen LogP) is 3.24. The Kier molecular flexibility index (Phi) is 4.76. The van der Waals surface area contributed by atoms with E-state index in [1.807, 2.05) is 0 Å². The fourth-order valence-electron chi connectivity index (χ4n) is 2.53. The van der Waals surface area contributed by atoms with Crippen LogP contribution in [0, 0.1) is 5.82 Å². The molecule has 0 saturated carbocycles. The van der Waals surface area contributed by atoms with E-state index in [2.05, 4.69) is 19.8 Å². The first-order valence-corrected chi connectivity index (χ1v) is 7.76. The quantitative estimate of drug-likeness (QED) is 0.858. The first-order valence-electron chi connectivity index (χ1n) is 7.00. The number of hydrogen-bond donors (Lipinski definition) is 0. The average Bonchev–Trinajstić information content (AvgIpc) is 2.51. The van der Waals surface area contributed by atoms with Crippen LogP contribution >= 0.6 is 23.2 Å². The van der Waals surface area contributed by atoms with Crippen molar-refractivity contribution < 1.29 is 4.39 Å². The minimum atomic E-state index is -0.257. The number of rotatable bonds is 3. The molecule has 0 aromatic carbocycles. The molecule has 1 fully saturated rings. The van der Waals surface area contributed by atoms with E-state index in [4.69, 9.17) is 23.2 Å². The summed E-state index contributed by atoms with van der Waals surface area (Å²) in [5.74, 6) is 0.494. The Bertz CT molecular complexity index is 660. The van der Waals surface area contributed by atoms with Crippen molar-refractivity contribution in [3.05, 3.63) is 52.1 Å². The maximum atomic E-state index is 13.6. The number of hydrogen-bond acceptors (Lipinski definition) is 4. The smallest absolute Gasteiger partial charge is 0.147 e. The van der Waals surface area contributed by atoms with E-state index in [1.54, 1.807) is 24.5 Å². The fourth-order valence-corrected chi connectivity index (χ4v) is 3.03. The van der Waals surface area contributed by atoms with Gasteiger partial charge in [-0.25, -0.2) is 9.37 Å². The van der Waals surface area contributed by atoms with Crippen LogP contribution in [0.3, 0.4) is 0 Å². The van der Waals surface area contributed by atoms with Gasteiger partial charge in [0.2, 0.25) is 0 Å². The Hall–Kier alpha value is -1.43. The van der Waals surface area contributed by atoms with Gasteiger partial charge in [0.05, 0.1) is 16.2 Å². The highest BCUT2D eigenvalue weighted by atomic mass is 35.5. The summed E-state index contributed by atoms with van der Waals surface area (Å²) >= 11 is 12.1. The highest BCUT2D eigenvalue weighted by Gasteiger charge is 2.20. The minimum Gasteiger partial charge on any atom is -0.353 e. The Morgan fingerprint density at radius 3 is 2.59 bits per heavy atom. The molecule has 0 radical (unpaired) electrons. The number of nitrogens with zero attached hydrogens (tertiary/aromatic N) is 4. The summed E-state index contributed by atoms with van der Waals surface area (Å²) in [6.07, 6.45) is 4.47. The Balaban J connectivity index is 1.62. The summed E-state index contributed by atoms with van der Waals surface area (Å²) in [6.45, 7) is 3.82. The maximum Gasteiger partial charge on any atom is 0.147 e. The molecule has 0 aliphatic carbocycles. The van der Waals surface area contributed by atoms with Crippen LogP contribution in [0.1, 0.15) is 5.56 Å². The van der Waals surface area contributed by atoms with Gasteiger partial charge in [-0.15, -0.1) is 0 Å². The number of halogens is 3. The minimum absolute atomic E-state index is 0.257. The van der Waals surface area contributed by atoms with Crippen LogP contribution in [0.2, 0.25) is 10.0 Å². The Morgan fingerprint density at radius 2 is 1.91 bits per heavy atom. The van der Waals surface area contributed by atoms with Gasteiger partial charge in [0.1, 0.15) is 11.6 Å². The molecule has 3 heterocycles. The second-order valence-corrected chi connectivity index (χ2v) is 6.03. The summed E-state index contributed by atoms with van der Waals surface area (Å²) in [5, 5.41) is 1.08. The van der Waals surface area contributed by atoms with Crippen molar-refractivity contribution in [3.8, 4) is 0 Å². The van der Waals surface area contributed by atoms with Crippen molar-refractivity contribution in [1.82, 2.24) is 14.9 Å². The second-order valence-electron chi connectivity index (χ2n) is 5.19. The van der Waals surface area contributed by atoms with Gasteiger partial charge < -0.3 is 4.90 Å².